The molecule has 0 atom stereocenters. The van der Waals surface area contributed by atoms with Crippen molar-refractivity contribution in [3.05, 3.63) is 59.4 Å². The van der Waals surface area contributed by atoms with Gasteiger partial charge in [0.2, 0.25) is 0 Å². The summed E-state index contributed by atoms with van der Waals surface area (Å²) in [5.74, 6) is 1.04. The van der Waals surface area contributed by atoms with Crippen molar-refractivity contribution in [2.24, 2.45) is 7.05 Å². The molecule has 0 saturated carbocycles. The second kappa shape index (κ2) is 4.47. The topological polar surface area (TPSA) is 22.8 Å². The Morgan fingerprint density at radius 1 is 0.864 bits per heavy atom. The van der Waals surface area contributed by atoms with Gasteiger partial charge < -0.3 is 4.57 Å². The summed E-state index contributed by atoms with van der Waals surface area (Å²) in [6.45, 7) is 6.40. The lowest BCUT2D eigenvalue weighted by Gasteiger charge is -2.14. The Balaban J connectivity index is 2.29. The Kier molecular flexibility index (Phi) is 2.67. The predicted octanol–water partition coefficient (Wildman–Crippen LogP) is 4.44. The van der Waals surface area contributed by atoms with E-state index >= 15 is 0 Å². The smallest absolute Gasteiger partial charge is 0.146 e. The third-order valence-corrected chi connectivity index (χ3v) is 4.56. The molecule has 0 unspecified atom stereocenters. The number of hydrogen-bond acceptors (Lipinski definition) is 1. The molecule has 3 nitrogen and oxygen atoms in total. The first kappa shape index (κ1) is 13.1. The van der Waals surface area contributed by atoms with Crippen LogP contribution in [-0.2, 0) is 7.05 Å². The van der Waals surface area contributed by atoms with Gasteiger partial charge in [-0.1, -0.05) is 36.4 Å². The normalized spacial score (nSPS) is 11.6. The SMILES string of the molecule is Cc1cccc(C)c1-n1c2ccccc2c2nc(C)n(C)c21. The molecular weight excluding hydrogens is 270 g/mol. The minimum Gasteiger partial charge on any atom is -0.317 e. The molecule has 0 aliphatic carbocycles. The van der Waals surface area contributed by atoms with Crippen LogP contribution in [0.2, 0.25) is 0 Å². The molecular formula is C19H19N3. The molecule has 110 valence electrons. The maximum absolute atomic E-state index is 4.79. The zero-order valence-corrected chi connectivity index (χ0v) is 13.4. The standard InChI is InChI=1S/C19H19N3/c1-12-8-7-9-13(2)18(12)22-16-11-6-5-10-15(16)17-19(22)21(4)14(3)20-17/h5-11H,1-4H3. The van der Waals surface area contributed by atoms with Crippen molar-refractivity contribution in [3.63, 3.8) is 0 Å². The van der Waals surface area contributed by atoms with E-state index in [1.54, 1.807) is 0 Å². The van der Waals surface area contributed by atoms with Crippen molar-refractivity contribution in [2.45, 2.75) is 20.8 Å². The molecule has 2 aromatic heterocycles. The van der Waals surface area contributed by atoms with E-state index in [1.165, 1.54) is 27.7 Å². The molecule has 4 aromatic rings. The van der Waals surface area contributed by atoms with Crippen LogP contribution in [-0.4, -0.2) is 14.1 Å². The van der Waals surface area contributed by atoms with E-state index in [1.807, 2.05) is 0 Å². The monoisotopic (exact) mass is 289 g/mol. The quantitative estimate of drug-likeness (QED) is 0.508. The van der Waals surface area contributed by atoms with Gasteiger partial charge in [0.15, 0.2) is 0 Å². The summed E-state index contributed by atoms with van der Waals surface area (Å²) in [7, 11) is 2.09. The zero-order valence-electron chi connectivity index (χ0n) is 13.4. The maximum atomic E-state index is 4.79. The van der Waals surface area contributed by atoms with Gasteiger partial charge in [-0.2, -0.15) is 0 Å². The average Bonchev–Trinajstić information content (AvgIpc) is 2.96. The Morgan fingerprint density at radius 3 is 2.27 bits per heavy atom. The van der Waals surface area contributed by atoms with Crippen LogP contribution in [0.15, 0.2) is 42.5 Å². The summed E-state index contributed by atoms with van der Waals surface area (Å²) >= 11 is 0. The molecule has 0 aliphatic rings. The van der Waals surface area contributed by atoms with E-state index in [9.17, 15) is 0 Å². The van der Waals surface area contributed by atoms with E-state index in [4.69, 9.17) is 4.98 Å². The van der Waals surface area contributed by atoms with Crippen molar-refractivity contribution in [2.75, 3.05) is 0 Å². The lowest BCUT2D eigenvalue weighted by Crippen LogP contribution is -2.04. The van der Waals surface area contributed by atoms with Crippen LogP contribution >= 0.6 is 0 Å². The Bertz CT molecular complexity index is 998. The number of para-hydroxylation sites is 2. The lowest BCUT2D eigenvalue weighted by atomic mass is 10.1. The molecule has 4 rings (SSSR count). The van der Waals surface area contributed by atoms with Gasteiger partial charge in [-0.3, -0.25) is 4.57 Å². The number of rotatable bonds is 1. The number of aromatic nitrogens is 3. The summed E-state index contributed by atoms with van der Waals surface area (Å²) in [5, 5.41) is 1.21. The predicted molar refractivity (Wildman–Crippen MR) is 91.8 cm³/mol. The highest BCUT2D eigenvalue weighted by molar-refractivity contribution is 6.06. The van der Waals surface area contributed by atoms with E-state index in [0.717, 1.165) is 17.0 Å². The van der Waals surface area contributed by atoms with Gasteiger partial charge in [-0.05, 0) is 38.0 Å². The minimum absolute atomic E-state index is 1.04. The highest BCUT2D eigenvalue weighted by Gasteiger charge is 2.19. The van der Waals surface area contributed by atoms with Crippen molar-refractivity contribution >= 4 is 22.1 Å². The fourth-order valence-electron chi connectivity index (χ4n) is 3.40. The fraction of sp³-hybridized carbons (Fsp3) is 0.211. The van der Waals surface area contributed by atoms with Gasteiger partial charge in [-0.15, -0.1) is 0 Å². The summed E-state index contributed by atoms with van der Waals surface area (Å²) in [4.78, 5) is 4.79. The maximum Gasteiger partial charge on any atom is 0.146 e. The van der Waals surface area contributed by atoms with Crippen LogP contribution in [0.25, 0.3) is 27.8 Å². The van der Waals surface area contributed by atoms with Crippen molar-refractivity contribution < 1.29 is 0 Å². The summed E-state index contributed by atoms with van der Waals surface area (Å²) < 4.78 is 4.54. The first-order chi connectivity index (χ1) is 10.6. The van der Waals surface area contributed by atoms with Crippen LogP contribution in [0.4, 0.5) is 0 Å². The van der Waals surface area contributed by atoms with E-state index in [2.05, 4.69) is 79.4 Å². The largest absolute Gasteiger partial charge is 0.317 e. The molecule has 0 amide bonds. The van der Waals surface area contributed by atoms with Gasteiger partial charge >= 0.3 is 0 Å². The highest BCUT2D eigenvalue weighted by Crippen LogP contribution is 2.33. The summed E-state index contributed by atoms with van der Waals surface area (Å²) in [5.41, 5.74) is 7.28. The van der Waals surface area contributed by atoms with Crippen molar-refractivity contribution in [3.8, 4) is 5.69 Å². The minimum atomic E-state index is 1.04. The second-order valence-electron chi connectivity index (χ2n) is 5.98. The third-order valence-electron chi connectivity index (χ3n) is 4.56. The molecule has 2 heterocycles. The molecule has 22 heavy (non-hydrogen) atoms. The molecule has 0 N–H and O–H groups in total. The number of imidazole rings is 1. The molecule has 0 fully saturated rings. The number of benzene rings is 2. The lowest BCUT2D eigenvalue weighted by molar-refractivity contribution is 0.858. The number of aryl methyl sites for hydroxylation is 4. The Labute approximate surface area is 129 Å². The summed E-state index contributed by atoms with van der Waals surface area (Å²) in [6.07, 6.45) is 0. The molecule has 3 heteroatoms. The molecule has 0 bridgehead atoms. The van der Waals surface area contributed by atoms with Crippen LogP contribution in [0.1, 0.15) is 17.0 Å². The summed E-state index contributed by atoms with van der Waals surface area (Å²) in [6, 6.07) is 15.0. The molecule has 0 aliphatic heterocycles. The molecule has 2 aromatic carbocycles. The van der Waals surface area contributed by atoms with Crippen LogP contribution in [0, 0.1) is 20.8 Å². The average molecular weight is 289 g/mol. The second-order valence-corrected chi connectivity index (χ2v) is 5.98. The van der Waals surface area contributed by atoms with Crippen LogP contribution in [0.3, 0.4) is 0 Å². The molecule has 0 spiro atoms. The van der Waals surface area contributed by atoms with Gasteiger partial charge in [0, 0.05) is 12.4 Å². The number of nitrogens with zero attached hydrogens (tertiary/aromatic N) is 3. The zero-order chi connectivity index (χ0) is 15.4. The van der Waals surface area contributed by atoms with Crippen LogP contribution in [0.5, 0.6) is 0 Å². The van der Waals surface area contributed by atoms with Crippen molar-refractivity contribution in [1.29, 1.82) is 0 Å². The third kappa shape index (κ3) is 1.59. The van der Waals surface area contributed by atoms with Crippen LogP contribution < -0.4 is 0 Å². The van der Waals surface area contributed by atoms with Gasteiger partial charge in [0.1, 0.15) is 17.0 Å². The van der Waals surface area contributed by atoms with E-state index in [0.29, 0.717) is 0 Å². The van der Waals surface area contributed by atoms with Gasteiger partial charge in [0.25, 0.3) is 0 Å². The molecule has 0 radical (unpaired) electrons. The Morgan fingerprint density at radius 2 is 1.55 bits per heavy atom. The fourth-order valence-corrected chi connectivity index (χ4v) is 3.40. The van der Waals surface area contributed by atoms with E-state index in [-0.39, 0.29) is 0 Å². The number of fused-ring (bicyclic) bond motifs is 3. The van der Waals surface area contributed by atoms with E-state index < -0.39 is 0 Å². The first-order valence-corrected chi connectivity index (χ1v) is 7.58. The highest BCUT2D eigenvalue weighted by atomic mass is 15.2. The number of hydrogen-bond donors (Lipinski definition) is 0. The van der Waals surface area contributed by atoms with Gasteiger partial charge in [0.05, 0.1) is 11.2 Å². The van der Waals surface area contributed by atoms with Gasteiger partial charge in [-0.25, -0.2) is 4.98 Å². The molecule has 0 saturated heterocycles. The first-order valence-electron chi connectivity index (χ1n) is 7.58. The Hall–Kier alpha value is -2.55. The van der Waals surface area contributed by atoms with Crippen molar-refractivity contribution in [1.82, 2.24) is 14.1 Å².